The van der Waals surface area contributed by atoms with Crippen LogP contribution in [0.15, 0.2) is 60.7 Å². The van der Waals surface area contributed by atoms with Crippen LogP contribution in [0.1, 0.15) is 57.1 Å². The Morgan fingerprint density at radius 2 is 1.84 bits per heavy atom. The average Bonchev–Trinajstić information content (AvgIpc) is 3.58. The molecule has 0 aromatic heterocycles. The summed E-state index contributed by atoms with van der Waals surface area (Å²) >= 11 is 12.3. The van der Waals surface area contributed by atoms with Crippen LogP contribution in [0.25, 0.3) is 0 Å². The number of carboxylic acids is 1. The summed E-state index contributed by atoms with van der Waals surface area (Å²) < 4.78 is 31.7. The highest BCUT2D eigenvalue weighted by Gasteiger charge is 2.61. The van der Waals surface area contributed by atoms with Crippen LogP contribution in [-0.4, -0.2) is 41.7 Å². The van der Waals surface area contributed by atoms with E-state index in [9.17, 15) is 20.0 Å². The number of nitriles is 1. The van der Waals surface area contributed by atoms with E-state index in [2.05, 4.69) is 16.7 Å². The van der Waals surface area contributed by atoms with Crippen molar-refractivity contribution in [2.45, 2.75) is 69.5 Å². The Hall–Kier alpha value is -3.71. The summed E-state index contributed by atoms with van der Waals surface area (Å²) in [4.78, 5) is 27.6. The summed E-state index contributed by atoms with van der Waals surface area (Å²) in [6.07, 6.45) is 1.66. The van der Waals surface area contributed by atoms with E-state index in [4.69, 9.17) is 23.2 Å². The van der Waals surface area contributed by atoms with Crippen LogP contribution in [0, 0.1) is 28.4 Å². The predicted molar refractivity (Wildman–Crippen MR) is 171 cm³/mol. The van der Waals surface area contributed by atoms with Crippen molar-refractivity contribution in [2.75, 3.05) is 16.8 Å². The summed E-state index contributed by atoms with van der Waals surface area (Å²) in [5.41, 5.74) is -0.972. The summed E-state index contributed by atoms with van der Waals surface area (Å²) in [5.74, 6) is -4.17. The zero-order valence-corrected chi connectivity index (χ0v) is 26.6. The molecule has 5 rings (SSSR count). The van der Waals surface area contributed by atoms with E-state index in [1.807, 2.05) is 25.7 Å². The van der Waals surface area contributed by atoms with Crippen molar-refractivity contribution in [1.29, 1.82) is 5.26 Å². The SMILES string of the molecule is CC(C)(C)C[C@@H]1N[C@@H](C(=O)Nc2ccc(N3CCCC3C(=O)O)cc2)[C@H](c2cccc(Cl)c2F)[C@@]1(C#N)c1ccc(Cl)cc1F. The smallest absolute Gasteiger partial charge is 0.326 e. The second kappa shape index (κ2) is 12.6. The number of carbonyl (C=O) groups excluding carboxylic acids is 1. The minimum absolute atomic E-state index is 0.00113. The number of anilines is 2. The number of benzene rings is 3. The fourth-order valence-corrected chi connectivity index (χ4v) is 7.19. The Balaban J connectivity index is 1.58. The molecular weight excluding hydrogens is 621 g/mol. The van der Waals surface area contributed by atoms with Gasteiger partial charge in [0.2, 0.25) is 5.91 Å². The summed E-state index contributed by atoms with van der Waals surface area (Å²) in [5, 5.41) is 26.7. The summed E-state index contributed by atoms with van der Waals surface area (Å²) in [7, 11) is 0. The molecule has 2 aliphatic rings. The fourth-order valence-electron chi connectivity index (χ4n) is 6.85. The first kappa shape index (κ1) is 32.7. The average molecular weight is 656 g/mol. The standard InChI is InChI=1S/C34H34Cl2F2N4O3/c1-33(2,3)17-27-34(18-39,23-14-9-19(35)16-25(23)37)28(22-6-4-7-24(36)29(22)38)30(41-27)31(43)40-20-10-12-21(13-11-20)42-15-5-8-26(42)32(44)45/h4,6-7,9-14,16,26-28,30,41H,5,8,15,17H2,1-3H3,(H,40,43)(H,44,45)/t26?,27-,28-,30+,34-/m0/s1. The van der Waals surface area contributed by atoms with Crippen molar-refractivity contribution in [3.63, 3.8) is 0 Å². The van der Waals surface area contributed by atoms with Crippen LogP contribution in [0.2, 0.25) is 10.0 Å². The Morgan fingerprint density at radius 1 is 1.13 bits per heavy atom. The minimum Gasteiger partial charge on any atom is -0.480 e. The molecule has 0 bridgehead atoms. The number of aliphatic carboxylic acids is 1. The molecule has 3 N–H and O–H groups in total. The Morgan fingerprint density at radius 3 is 2.47 bits per heavy atom. The molecule has 1 amide bonds. The van der Waals surface area contributed by atoms with Gasteiger partial charge in [0.25, 0.3) is 0 Å². The fraction of sp³-hybridized carbons (Fsp3) is 0.382. The van der Waals surface area contributed by atoms with Crippen LogP contribution in [0.3, 0.4) is 0 Å². The van der Waals surface area contributed by atoms with Gasteiger partial charge < -0.3 is 20.6 Å². The highest BCUT2D eigenvalue weighted by atomic mass is 35.5. The van der Waals surface area contributed by atoms with Gasteiger partial charge in [-0.15, -0.1) is 0 Å². The molecule has 0 spiro atoms. The predicted octanol–water partition coefficient (Wildman–Crippen LogP) is 7.29. The molecule has 45 heavy (non-hydrogen) atoms. The highest BCUT2D eigenvalue weighted by molar-refractivity contribution is 6.31. The number of amides is 1. The molecule has 5 atom stereocenters. The van der Waals surface area contributed by atoms with E-state index in [1.54, 1.807) is 24.3 Å². The second-order valence-corrected chi connectivity index (χ2v) is 13.8. The number of carboxylic acid groups (broad SMARTS) is 1. The number of hydrogen-bond acceptors (Lipinski definition) is 5. The maximum absolute atomic E-state index is 15.9. The van der Waals surface area contributed by atoms with E-state index < -0.39 is 53.0 Å². The third-order valence-corrected chi connectivity index (χ3v) is 9.26. The number of nitrogens with one attached hydrogen (secondary N) is 2. The molecule has 2 fully saturated rings. The van der Waals surface area contributed by atoms with Gasteiger partial charge in [0, 0.05) is 40.5 Å². The van der Waals surface area contributed by atoms with Crippen LogP contribution in [0.4, 0.5) is 20.2 Å². The van der Waals surface area contributed by atoms with Crippen molar-refractivity contribution >= 4 is 46.5 Å². The topological polar surface area (TPSA) is 105 Å². The van der Waals surface area contributed by atoms with Gasteiger partial charge in [0.1, 0.15) is 23.1 Å². The largest absolute Gasteiger partial charge is 0.480 e. The molecule has 3 aromatic carbocycles. The van der Waals surface area contributed by atoms with E-state index in [0.717, 1.165) is 12.5 Å². The second-order valence-electron chi connectivity index (χ2n) is 12.9. The van der Waals surface area contributed by atoms with Crippen molar-refractivity contribution in [2.24, 2.45) is 5.41 Å². The van der Waals surface area contributed by atoms with E-state index in [1.165, 1.54) is 30.3 Å². The lowest BCUT2D eigenvalue weighted by Gasteiger charge is -2.37. The van der Waals surface area contributed by atoms with E-state index >= 15 is 8.78 Å². The molecule has 0 aliphatic carbocycles. The molecule has 236 valence electrons. The van der Waals surface area contributed by atoms with Gasteiger partial charge in [-0.05, 0) is 72.7 Å². The number of nitrogens with zero attached hydrogens (tertiary/aromatic N) is 2. The maximum Gasteiger partial charge on any atom is 0.326 e. The van der Waals surface area contributed by atoms with Gasteiger partial charge in [-0.3, -0.25) is 4.79 Å². The summed E-state index contributed by atoms with van der Waals surface area (Å²) in [6, 6.07) is 15.0. The van der Waals surface area contributed by atoms with Crippen LogP contribution in [-0.2, 0) is 15.0 Å². The lowest BCUT2D eigenvalue weighted by atomic mass is 9.62. The summed E-state index contributed by atoms with van der Waals surface area (Å²) in [6.45, 7) is 6.50. The Labute approximate surface area is 271 Å². The van der Waals surface area contributed by atoms with Gasteiger partial charge >= 0.3 is 5.97 Å². The number of halogens is 4. The first-order chi connectivity index (χ1) is 21.3. The van der Waals surface area contributed by atoms with Crippen LogP contribution < -0.4 is 15.5 Å². The van der Waals surface area contributed by atoms with Crippen LogP contribution in [0.5, 0.6) is 0 Å². The molecule has 0 saturated carbocycles. The molecule has 2 heterocycles. The third kappa shape index (κ3) is 6.24. The Bertz CT molecular complexity index is 1660. The monoisotopic (exact) mass is 654 g/mol. The zero-order valence-electron chi connectivity index (χ0n) is 25.1. The van der Waals surface area contributed by atoms with Crippen molar-refractivity contribution in [3.05, 3.63) is 93.5 Å². The maximum atomic E-state index is 15.9. The van der Waals surface area contributed by atoms with Crippen LogP contribution >= 0.6 is 23.2 Å². The van der Waals surface area contributed by atoms with Gasteiger partial charge in [-0.25, -0.2) is 13.6 Å². The van der Waals surface area contributed by atoms with Gasteiger partial charge in [0.05, 0.1) is 17.1 Å². The number of hydrogen-bond donors (Lipinski definition) is 3. The van der Waals surface area contributed by atoms with Crippen molar-refractivity contribution < 1.29 is 23.5 Å². The minimum atomic E-state index is -1.74. The first-order valence-electron chi connectivity index (χ1n) is 14.7. The first-order valence-corrected chi connectivity index (χ1v) is 15.5. The molecule has 0 radical (unpaired) electrons. The molecule has 2 saturated heterocycles. The molecule has 2 aliphatic heterocycles. The Kier molecular flexibility index (Phi) is 9.14. The van der Waals surface area contributed by atoms with Gasteiger partial charge in [-0.2, -0.15) is 5.26 Å². The number of carbonyl (C=O) groups is 2. The molecular formula is C34H34Cl2F2N4O3. The van der Waals surface area contributed by atoms with Gasteiger partial charge in [0.15, 0.2) is 0 Å². The van der Waals surface area contributed by atoms with E-state index in [-0.39, 0.29) is 26.6 Å². The molecule has 3 aromatic rings. The third-order valence-electron chi connectivity index (χ3n) is 8.74. The molecule has 7 nitrogen and oxygen atoms in total. The number of rotatable bonds is 7. The van der Waals surface area contributed by atoms with Crippen molar-refractivity contribution in [1.82, 2.24) is 5.32 Å². The van der Waals surface area contributed by atoms with Gasteiger partial charge in [-0.1, -0.05) is 62.2 Å². The highest BCUT2D eigenvalue weighted by Crippen LogP contribution is 2.53. The zero-order chi connectivity index (χ0) is 32.7. The van der Waals surface area contributed by atoms with E-state index in [0.29, 0.717) is 30.8 Å². The lowest BCUT2D eigenvalue weighted by Crippen LogP contribution is -2.45. The van der Waals surface area contributed by atoms with Crippen molar-refractivity contribution in [3.8, 4) is 6.07 Å². The quantitative estimate of drug-likeness (QED) is 0.247. The lowest BCUT2D eigenvalue weighted by molar-refractivity contribution is -0.138. The normalized spacial score (nSPS) is 24.8. The molecule has 1 unspecified atom stereocenters. The molecule has 11 heteroatoms.